The Labute approximate surface area is 186 Å². The molecular formula is C20H29N3O8S. The van der Waals surface area contributed by atoms with Gasteiger partial charge >= 0.3 is 6.09 Å². The number of nitrogens with zero attached hydrogens (tertiary/aromatic N) is 1. The molecule has 11 nitrogen and oxygen atoms in total. The molecule has 2 atom stereocenters. The van der Waals surface area contributed by atoms with Gasteiger partial charge in [-0.1, -0.05) is 6.07 Å². The van der Waals surface area contributed by atoms with E-state index in [1.807, 2.05) is 0 Å². The number of primary amides is 1. The summed E-state index contributed by atoms with van der Waals surface area (Å²) in [6.45, 7) is 1.51. The number of amides is 2. The lowest BCUT2D eigenvalue weighted by Gasteiger charge is -2.34. The third-order valence-corrected chi connectivity index (χ3v) is 7.37. The maximum atomic E-state index is 12.1. The lowest BCUT2D eigenvalue weighted by molar-refractivity contribution is -0.115. The van der Waals surface area contributed by atoms with Crippen LogP contribution in [0, 0.1) is 0 Å². The SMILES string of the molecule is NC(=O)CS(=O)(=O)c1cccc(OCC(O)CN(C(=O)O)C2COC3(CCNCC3)C2)c1. The molecule has 0 bridgehead atoms. The third kappa shape index (κ3) is 6.09. The topological polar surface area (TPSA) is 168 Å². The average Bonchev–Trinajstić information content (AvgIpc) is 3.13. The highest BCUT2D eigenvalue weighted by Crippen LogP contribution is 2.36. The number of nitrogens with two attached hydrogens (primary N) is 1. The van der Waals surface area contributed by atoms with E-state index in [0.717, 1.165) is 25.9 Å². The van der Waals surface area contributed by atoms with Crippen LogP contribution in [0.5, 0.6) is 5.75 Å². The summed E-state index contributed by atoms with van der Waals surface area (Å²) in [4.78, 5) is 23.8. The van der Waals surface area contributed by atoms with E-state index in [9.17, 15) is 28.2 Å². The number of hydrogen-bond donors (Lipinski definition) is 4. The van der Waals surface area contributed by atoms with E-state index < -0.39 is 33.7 Å². The fraction of sp³-hybridized carbons (Fsp3) is 0.600. The zero-order valence-corrected chi connectivity index (χ0v) is 18.4. The number of rotatable bonds is 9. The predicted molar refractivity (Wildman–Crippen MR) is 113 cm³/mol. The number of aliphatic hydroxyl groups excluding tert-OH is 1. The number of sulfone groups is 1. The second-order valence-electron chi connectivity index (χ2n) is 8.20. The van der Waals surface area contributed by atoms with Gasteiger partial charge in [0.2, 0.25) is 5.91 Å². The molecule has 1 aromatic carbocycles. The van der Waals surface area contributed by atoms with Crippen LogP contribution in [0.15, 0.2) is 29.2 Å². The summed E-state index contributed by atoms with van der Waals surface area (Å²) in [5.74, 6) is -1.63. The molecule has 2 unspecified atom stereocenters. The lowest BCUT2D eigenvalue weighted by atomic mass is 9.88. The minimum atomic E-state index is -3.90. The Bertz CT molecular complexity index is 933. The Kier molecular flexibility index (Phi) is 7.59. The quantitative estimate of drug-likeness (QED) is 0.373. The molecule has 0 saturated carbocycles. The molecule has 2 aliphatic heterocycles. The van der Waals surface area contributed by atoms with Crippen molar-refractivity contribution < 1.29 is 37.7 Å². The number of carbonyl (C=O) groups excluding carboxylic acids is 1. The van der Waals surface area contributed by atoms with Crippen LogP contribution in [0.25, 0.3) is 0 Å². The number of aliphatic hydroxyl groups is 1. The van der Waals surface area contributed by atoms with Gasteiger partial charge in [-0.2, -0.15) is 0 Å². The van der Waals surface area contributed by atoms with Gasteiger partial charge in [0, 0.05) is 0 Å². The number of piperidine rings is 1. The van der Waals surface area contributed by atoms with Crippen molar-refractivity contribution in [3.8, 4) is 5.75 Å². The summed E-state index contributed by atoms with van der Waals surface area (Å²) in [7, 11) is -3.90. The number of nitrogens with one attached hydrogen (secondary N) is 1. The highest BCUT2D eigenvalue weighted by molar-refractivity contribution is 7.92. The monoisotopic (exact) mass is 471 g/mol. The van der Waals surface area contributed by atoms with Gasteiger partial charge in [0.25, 0.3) is 0 Å². The van der Waals surface area contributed by atoms with Gasteiger partial charge in [0.05, 0.1) is 29.7 Å². The van der Waals surface area contributed by atoms with Crippen LogP contribution in [0.1, 0.15) is 19.3 Å². The van der Waals surface area contributed by atoms with Crippen molar-refractivity contribution in [3.05, 3.63) is 24.3 Å². The minimum absolute atomic E-state index is 0.133. The molecule has 32 heavy (non-hydrogen) atoms. The van der Waals surface area contributed by atoms with Crippen LogP contribution in [-0.2, 0) is 19.4 Å². The number of carboxylic acid groups (broad SMARTS) is 1. The summed E-state index contributed by atoms with van der Waals surface area (Å²) in [6, 6.07) is 5.11. The van der Waals surface area contributed by atoms with Gasteiger partial charge in [0.15, 0.2) is 9.84 Å². The fourth-order valence-corrected chi connectivity index (χ4v) is 5.26. The van der Waals surface area contributed by atoms with Crippen LogP contribution < -0.4 is 15.8 Å². The Hall–Kier alpha value is -2.41. The van der Waals surface area contributed by atoms with E-state index >= 15 is 0 Å². The van der Waals surface area contributed by atoms with E-state index in [1.165, 1.54) is 29.2 Å². The first-order chi connectivity index (χ1) is 15.1. The molecule has 0 radical (unpaired) electrons. The Morgan fingerprint density at radius 3 is 2.72 bits per heavy atom. The average molecular weight is 472 g/mol. The first kappa shape index (κ1) is 24.2. The van der Waals surface area contributed by atoms with E-state index in [0.29, 0.717) is 6.42 Å². The molecule has 1 aromatic rings. The lowest BCUT2D eigenvalue weighted by Crippen LogP contribution is -2.47. The van der Waals surface area contributed by atoms with E-state index in [-0.39, 0.29) is 42.0 Å². The number of benzene rings is 1. The molecule has 5 N–H and O–H groups in total. The first-order valence-corrected chi connectivity index (χ1v) is 12.0. The van der Waals surface area contributed by atoms with Crippen molar-refractivity contribution in [3.63, 3.8) is 0 Å². The van der Waals surface area contributed by atoms with Crippen LogP contribution in [0.4, 0.5) is 4.79 Å². The summed E-state index contributed by atoms with van der Waals surface area (Å²) in [5, 5.41) is 23.3. The summed E-state index contributed by atoms with van der Waals surface area (Å²) in [5.41, 5.74) is 4.66. The molecule has 12 heteroatoms. The van der Waals surface area contributed by atoms with Crippen molar-refractivity contribution in [2.45, 2.75) is 41.9 Å². The Balaban J connectivity index is 1.57. The Morgan fingerprint density at radius 2 is 2.06 bits per heavy atom. The molecule has 2 fully saturated rings. The highest BCUT2D eigenvalue weighted by atomic mass is 32.2. The zero-order valence-electron chi connectivity index (χ0n) is 17.6. The van der Waals surface area contributed by atoms with Crippen molar-refractivity contribution in [1.82, 2.24) is 10.2 Å². The van der Waals surface area contributed by atoms with Crippen LogP contribution in [0.2, 0.25) is 0 Å². The van der Waals surface area contributed by atoms with E-state index in [1.54, 1.807) is 0 Å². The maximum absolute atomic E-state index is 12.1. The maximum Gasteiger partial charge on any atom is 0.407 e. The van der Waals surface area contributed by atoms with Gasteiger partial charge in [-0.25, -0.2) is 13.2 Å². The normalized spacial score (nSPS) is 21.2. The van der Waals surface area contributed by atoms with Crippen LogP contribution >= 0.6 is 0 Å². The van der Waals surface area contributed by atoms with E-state index in [4.69, 9.17) is 15.2 Å². The molecule has 178 valence electrons. The van der Waals surface area contributed by atoms with Gasteiger partial charge in [-0.3, -0.25) is 4.79 Å². The smallest absolute Gasteiger partial charge is 0.407 e. The summed E-state index contributed by atoms with van der Waals surface area (Å²) >= 11 is 0. The van der Waals surface area contributed by atoms with Crippen molar-refractivity contribution in [2.24, 2.45) is 5.73 Å². The van der Waals surface area contributed by atoms with Gasteiger partial charge in [-0.05, 0) is 50.6 Å². The molecular weight excluding hydrogens is 442 g/mol. The molecule has 2 saturated heterocycles. The second kappa shape index (κ2) is 10.0. The fourth-order valence-electron chi connectivity index (χ4n) is 4.13. The molecule has 3 rings (SSSR count). The second-order valence-corrected chi connectivity index (χ2v) is 10.2. The Morgan fingerprint density at radius 1 is 1.34 bits per heavy atom. The highest BCUT2D eigenvalue weighted by Gasteiger charge is 2.44. The minimum Gasteiger partial charge on any atom is -0.491 e. The van der Waals surface area contributed by atoms with Gasteiger partial charge < -0.3 is 35.6 Å². The molecule has 2 heterocycles. The molecule has 2 aliphatic rings. The largest absolute Gasteiger partial charge is 0.491 e. The standard InChI is InChI=1S/C20H29N3O8S/c21-18(25)13-32(28,29)17-3-1-2-16(8-17)30-12-15(24)10-23(19(26)27)14-9-20(31-11-14)4-6-22-7-5-20/h1-3,8,14-15,22,24H,4-7,9-13H2,(H2,21,25)(H,26,27). The van der Waals surface area contributed by atoms with Crippen LogP contribution in [-0.4, -0.2) is 91.9 Å². The van der Waals surface area contributed by atoms with Crippen molar-refractivity contribution >= 4 is 21.8 Å². The first-order valence-electron chi connectivity index (χ1n) is 10.4. The van der Waals surface area contributed by atoms with Crippen molar-refractivity contribution in [2.75, 3.05) is 38.6 Å². The molecule has 2 amide bonds. The molecule has 1 spiro atoms. The number of ether oxygens (including phenoxy) is 2. The van der Waals surface area contributed by atoms with E-state index in [2.05, 4.69) is 5.32 Å². The van der Waals surface area contributed by atoms with Crippen LogP contribution in [0.3, 0.4) is 0 Å². The van der Waals surface area contributed by atoms with Gasteiger partial charge in [-0.15, -0.1) is 0 Å². The summed E-state index contributed by atoms with van der Waals surface area (Å²) in [6.07, 6.45) is -0.0754. The predicted octanol–water partition coefficient (Wildman–Crippen LogP) is -0.424. The molecule has 0 aliphatic carbocycles. The summed E-state index contributed by atoms with van der Waals surface area (Å²) < 4.78 is 35.7. The third-order valence-electron chi connectivity index (χ3n) is 5.74. The number of carbonyl (C=O) groups is 2. The van der Waals surface area contributed by atoms with Gasteiger partial charge in [0.1, 0.15) is 24.2 Å². The van der Waals surface area contributed by atoms with Crippen molar-refractivity contribution in [1.29, 1.82) is 0 Å². The zero-order chi connectivity index (χ0) is 23.4. The number of hydrogen-bond acceptors (Lipinski definition) is 8. The molecule has 0 aromatic heterocycles.